The van der Waals surface area contributed by atoms with Crippen molar-refractivity contribution in [2.24, 2.45) is 0 Å². The molecule has 0 aliphatic carbocycles. The minimum Gasteiger partial charge on any atom is -0.354 e. The van der Waals surface area contributed by atoms with Gasteiger partial charge in [0.15, 0.2) is 0 Å². The van der Waals surface area contributed by atoms with Gasteiger partial charge in [0.05, 0.1) is 0 Å². The molecule has 8 heavy (non-hydrogen) atoms. The Bertz CT molecular complexity index is 194. The molecule has 0 bridgehead atoms. The number of H-pyrrole nitrogens is 1. The third-order valence-corrected chi connectivity index (χ3v) is 2.57. The van der Waals surface area contributed by atoms with Crippen LogP contribution in [0.5, 0.6) is 0 Å². The predicted molar refractivity (Wildman–Crippen MR) is 38.9 cm³/mol. The molecule has 1 rings (SSSR count). The highest BCUT2D eigenvalue weighted by atomic mass is 127. The summed E-state index contributed by atoms with van der Waals surface area (Å²) in [5.41, 5.74) is 1.10. The van der Waals surface area contributed by atoms with Crippen LogP contribution in [-0.2, 0) is 3.07 Å². The van der Waals surface area contributed by atoms with Gasteiger partial charge in [0, 0.05) is 6.20 Å². The van der Waals surface area contributed by atoms with E-state index in [-0.39, 0.29) is 0 Å². The summed E-state index contributed by atoms with van der Waals surface area (Å²) in [6, 6.07) is 1.92. The van der Waals surface area contributed by atoms with E-state index >= 15 is 0 Å². The highest BCUT2D eigenvalue weighted by Crippen LogP contribution is 2.10. The standard InChI is InChI=1S/C5H6INO/c1-4-2-3-7-5(4)6-8/h2-3,7H,1H3. The monoisotopic (exact) mass is 223 g/mol. The molecule has 1 aromatic rings. The SMILES string of the molecule is Cc1cc[nH]c1I=O. The highest BCUT2D eigenvalue weighted by molar-refractivity contribution is 14.1. The first-order valence-corrected chi connectivity index (χ1v) is 4.21. The van der Waals surface area contributed by atoms with E-state index < -0.39 is 21.2 Å². The second kappa shape index (κ2) is 2.39. The van der Waals surface area contributed by atoms with Crippen LogP contribution in [0.2, 0.25) is 0 Å². The second-order valence-electron chi connectivity index (χ2n) is 1.55. The van der Waals surface area contributed by atoms with Gasteiger partial charge >= 0.3 is 0 Å². The quantitative estimate of drug-likeness (QED) is 0.723. The van der Waals surface area contributed by atoms with Crippen LogP contribution < -0.4 is 0 Å². The van der Waals surface area contributed by atoms with Crippen molar-refractivity contribution in [3.05, 3.63) is 21.5 Å². The molecule has 0 aliphatic heterocycles. The van der Waals surface area contributed by atoms with E-state index in [0.717, 1.165) is 9.26 Å². The molecule has 0 radical (unpaired) electrons. The van der Waals surface area contributed by atoms with Crippen molar-refractivity contribution in [2.45, 2.75) is 6.92 Å². The van der Waals surface area contributed by atoms with Gasteiger partial charge in [0.1, 0.15) is 3.70 Å². The van der Waals surface area contributed by atoms with Crippen molar-refractivity contribution in [1.82, 2.24) is 4.98 Å². The Kier molecular flexibility index (Phi) is 1.77. The summed E-state index contributed by atoms with van der Waals surface area (Å²) in [5, 5.41) is 0. The minimum absolute atomic E-state index is 0.906. The van der Waals surface area contributed by atoms with Crippen molar-refractivity contribution in [3.63, 3.8) is 0 Å². The minimum atomic E-state index is -0.980. The normalized spacial score (nSPS) is 9.62. The Morgan fingerprint density at radius 2 is 2.50 bits per heavy atom. The van der Waals surface area contributed by atoms with Crippen molar-refractivity contribution in [2.75, 3.05) is 0 Å². The van der Waals surface area contributed by atoms with Crippen molar-refractivity contribution in [1.29, 1.82) is 0 Å². The van der Waals surface area contributed by atoms with E-state index in [1.807, 2.05) is 19.2 Å². The number of aromatic nitrogens is 1. The Morgan fingerprint density at radius 1 is 1.75 bits per heavy atom. The number of nitrogens with one attached hydrogen (secondary N) is 1. The van der Waals surface area contributed by atoms with Gasteiger partial charge in [-0.3, -0.25) is 3.07 Å². The lowest BCUT2D eigenvalue weighted by atomic mass is 10.4. The van der Waals surface area contributed by atoms with Crippen LogP contribution in [0.1, 0.15) is 5.56 Å². The third-order valence-electron chi connectivity index (χ3n) is 0.967. The number of halogens is 1. The predicted octanol–water partition coefficient (Wildman–Crippen LogP) is 1.81. The zero-order chi connectivity index (χ0) is 5.98. The van der Waals surface area contributed by atoms with Crippen molar-refractivity contribution >= 4 is 21.2 Å². The molecule has 0 fully saturated rings. The van der Waals surface area contributed by atoms with E-state index in [0.29, 0.717) is 0 Å². The first kappa shape index (κ1) is 5.94. The largest absolute Gasteiger partial charge is 0.354 e. The maximum atomic E-state index is 10.3. The maximum absolute atomic E-state index is 10.3. The van der Waals surface area contributed by atoms with Gasteiger partial charge in [-0.05, 0) is 18.6 Å². The van der Waals surface area contributed by atoms with Crippen LogP contribution in [0.25, 0.3) is 0 Å². The average molecular weight is 223 g/mol. The lowest BCUT2D eigenvalue weighted by Gasteiger charge is -1.78. The topological polar surface area (TPSA) is 32.9 Å². The maximum Gasteiger partial charge on any atom is 0.200 e. The molecule has 44 valence electrons. The van der Waals surface area contributed by atoms with Gasteiger partial charge in [-0.1, -0.05) is 0 Å². The molecule has 2 nitrogen and oxygen atoms in total. The van der Waals surface area contributed by atoms with Gasteiger partial charge < -0.3 is 4.98 Å². The molecule has 0 aliphatic rings. The summed E-state index contributed by atoms with van der Waals surface area (Å²) in [7, 11) is 0. The number of rotatable bonds is 1. The number of aryl methyl sites for hydroxylation is 1. The van der Waals surface area contributed by atoms with Gasteiger partial charge in [-0.15, -0.1) is 0 Å². The summed E-state index contributed by atoms with van der Waals surface area (Å²) >= 11 is -0.980. The zero-order valence-corrected chi connectivity index (χ0v) is 6.60. The van der Waals surface area contributed by atoms with Crippen molar-refractivity contribution < 1.29 is 3.07 Å². The Hall–Kier alpha value is -0.190. The summed E-state index contributed by atoms with van der Waals surface area (Å²) < 4.78 is 11.2. The van der Waals surface area contributed by atoms with Gasteiger partial charge in [-0.2, -0.15) is 0 Å². The fraction of sp³-hybridized carbons (Fsp3) is 0.200. The molecule has 0 amide bonds. The fourth-order valence-corrected chi connectivity index (χ4v) is 1.34. The van der Waals surface area contributed by atoms with Crippen LogP contribution in [0.4, 0.5) is 0 Å². The van der Waals surface area contributed by atoms with Crippen LogP contribution in [0.3, 0.4) is 0 Å². The number of hydrogen-bond acceptors (Lipinski definition) is 1. The lowest BCUT2D eigenvalue weighted by Crippen LogP contribution is -1.69. The van der Waals surface area contributed by atoms with E-state index in [2.05, 4.69) is 4.98 Å². The zero-order valence-electron chi connectivity index (χ0n) is 4.44. The first-order valence-electron chi connectivity index (χ1n) is 2.25. The van der Waals surface area contributed by atoms with Crippen LogP contribution in [-0.4, -0.2) is 4.98 Å². The molecule has 0 unspecified atom stereocenters. The Balaban J connectivity index is 3.09. The van der Waals surface area contributed by atoms with Gasteiger partial charge in [0.25, 0.3) is 0 Å². The van der Waals surface area contributed by atoms with Crippen molar-refractivity contribution in [3.8, 4) is 0 Å². The third kappa shape index (κ3) is 0.964. The summed E-state index contributed by atoms with van der Waals surface area (Å²) in [4.78, 5) is 2.89. The molecule has 1 N–H and O–H groups in total. The van der Waals surface area contributed by atoms with Gasteiger partial charge in [0.2, 0.25) is 21.2 Å². The summed E-state index contributed by atoms with van der Waals surface area (Å²) in [5.74, 6) is 0. The smallest absolute Gasteiger partial charge is 0.200 e. The molecular weight excluding hydrogens is 217 g/mol. The van der Waals surface area contributed by atoms with E-state index in [9.17, 15) is 3.07 Å². The van der Waals surface area contributed by atoms with E-state index in [4.69, 9.17) is 0 Å². The van der Waals surface area contributed by atoms with E-state index in [1.54, 1.807) is 0 Å². The van der Waals surface area contributed by atoms with Crippen LogP contribution in [0, 0.1) is 10.6 Å². The Labute approximate surface area is 57.9 Å². The number of hydrogen-bond donors (Lipinski definition) is 1. The fourth-order valence-electron chi connectivity index (χ4n) is 0.510. The molecule has 0 saturated carbocycles. The molecule has 0 saturated heterocycles. The average Bonchev–Trinajstić information content (AvgIpc) is 2.14. The summed E-state index contributed by atoms with van der Waals surface area (Å²) in [6.07, 6.45) is 1.81. The number of aromatic amines is 1. The molecule has 3 heteroatoms. The summed E-state index contributed by atoms with van der Waals surface area (Å²) in [6.45, 7) is 1.95. The molecule has 1 aromatic heterocycles. The first-order chi connectivity index (χ1) is 3.84. The molecule has 0 aromatic carbocycles. The van der Waals surface area contributed by atoms with Gasteiger partial charge in [-0.25, -0.2) is 0 Å². The molecular formula is C5H6INO. The van der Waals surface area contributed by atoms with Crippen LogP contribution >= 0.6 is 21.2 Å². The Morgan fingerprint density at radius 3 is 2.75 bits per heavy atom. The highest BCUT2D eigenvalue weighted by Gasteiger charge is 1.93. The van der Waals surface area contributed by atoms with E-state index in [1.165, 1.54) is 0 Å². The molecule has 0 atom stereocenters. The lowest BCUT2D eigenvalue weighted by molar-refractivity contribution is 0.647. The molecule has 1 heterocycles. The van der Waals surface area contributed by atoms with Crippen LogP contribution in [0.15, 0.2) is 12.3 Å². The molecule has 0 spiro atoms. The second-order valence-corrected chi connectivity index (χ2v) is 3.07.